The molecule has 0 spiro atoms. The molecule has 0 aliphatic carbocycles. The summed E-state index contributed by atoms with van der Waals surface area (Å²) in [5, 5.41) is 7.29. The summed E-state index contributed by atoms with van der Waals surface area (Å²) >= 11 is 0. The Hall–Kier alpha value is -2.30. The Balaban J connectivity index is 1.89. The second-order valence-corrected chi connectivity index (χ2v) is 4.60. The lowest BCUT2D eigenvalue weighted by Crippen LogP contribution is -2.32. The molecule has 0 amide bonds. The van der Waals surface area contributed by atoms with Crippen molar-refractivity contribution in [3.05, 3.63) is 48.3 Å². The van der Waals surface area contributed by atoms with Crippen LogP contribution in [0.3, 0.4) is 0 Å². The molecule has 0 saturated heterocycles. The molecular weight excluding hydrogens is 250 g/mol. The van der Waals surface area contributed by atoms with Crippen molar-refractivity contribution >= 4 is 5.96 Å². The van der Waals surface area contributed by atoms with E-state index in [1.54, 1.807) is 6.20 Å². The Morgan fingerprint density at radius 2 is 2.15 bits per heavy atom. The van der Waals surface area contributed by atoms with Gasteiger partial charge in [-0.3, -0.25) is 0 Å². The van der Waals surface area contributed by atoms with E-state index in [0.29, 0.717) is 12.5 Å². The fourth-order valence-corrected chi connectivity index (χ4v) is 1.80. The van der Waals surface area contributed by atoms with Gasteiger partial charge in [0.1, 0.15) is 0 Å². The topological polar surface area (TPSA) is 68.2 Å². The van der Waals surface area contributed by atoms with Crippen LogP contribution >= 0.6 is 0 Å². The second kappa shape index (κ2) is 7.33. The maximum absolute atomic E-state index is 5.79. The number of nitrogens with one attached hydrogen (secondary N) is 1. The van der Waals surface area contributed by atoms with E-state index in [-0.39, 0.29) is 0 Å². The SMILES string of the molecule is CCCCNC(N)=NCc1ccc(-n2cccn2)cc1. The first-order valence-electron chi connectivity index (χ1n) is 6.92. The van der Waals surface area contributed by atoms with Crippen LogP contribution < -0.4 is 11.1 Å². The summed E-state index contributed by atoms with van der Waals surface area (Å²) < 4.78 is 1.83. The minimum atomic E-state index is 0.509. The van der Waals surface area contributed by atoms with E-state index in [1.807, 2.05) is 41.2 Å². The van der Waals surface area contributed by atoms with E-state index in [4.69, 9.17) is 5.73 Å². The van der Waals surface area contributed by atoms with Crippen molar-refractivity contribution in [2.75, 3.05) is 6.54 Å². The van der Waals surface area contributed by atoms with Crippen molar-refractivity contribution in [3.8, 4) is 5.69 Å². The average molecular weight is 271 g/mol. The zero-order valence-electron chi connectivity index (χ0n) is 11.8. The summed E-state index contributed by atoms with van der Waals surface area (Å²) in [6, 6.07) is 10.0. The summed E-state index contributed by atoms with van der Waals surface area (Å²) in [6.45, 7) is 3.62. The van der Waals surface area contributed by atoms with Crippen LogP contribution in [0, 0.1) is 0 Å². The third kappa shape index (κ3) is 4.12. The monoisotopic (exact) mass is 271 g/mol. The smallest absolute Gasteiger partial charge is 0.188 e. The van der Waals surface area contributed by atoms with Crippen LogP contribution in [0.5, 0.6) is 0 Å². The number of unbranched alkanes of at least 4 members (excludes halogenated alkanes) is 1. The molecule has 1 heterocycles. The summed E-state index contributed by atoms with van der Waals surface area (Å²) in [5.41, 5.74) is 7.96. The Bertz CT molecular complexity index is 528. The second-order valence-electron chi connectivity index (χ2n) is 4.60. The maximum Gasteiger partial charge on any atom is 0.188 e. The minimum absolute atomic E-state index is 0.509. The molecule has 0 atom stereocenters. The zero-order chi connectivity index (χ0) is 14.2. The van der Waals surface area contributed by atoms with Gasteiger partial charge in [0.25, 0.3) is 0 Å². The Morgan fingerprint density at radius 3 is 2.80 bits per heavy atom. The number of hydrogen-bond acceptors (Lipinski definition) is 2. The van der Waals surface area contributed by atoms with Gasteiger partial charge in [-0.25, -0.2) is 9.67 Å². The number of guanidine groups is 1. The Morgan fingerprint density at radius 1 is 1.35 bits per heavy atom. The summed E-state index contributed by atoms with van der Waals surface area (Å²) in [5.74, 6) is 0.509. The third-order valence-corrected chi connectivity index (χ3v) is 2.97. The number of nitrogens with two attached hydrogens (primary N) is 1. The maximum atomic E-state index is 5.79. The van der Waals surface area contributed by atoms with Crippen molar-refractivity contribution in [3.63, 3.8) is 0 Å². The molecule has 5 nitrogen and oxygen atoms in total. The summed E-state index contributed by atoms with van der Waals surface area (Å²) in [6.07, 6.45) is 5.94. The molecule has 0 radical (unpaired) electrons. The highest BCUT2D eigenvalue weighted by atomic mass is 15.3. The summed E-state index contributed by atoms with van der Waals surface area (Å²) in [7, 11) is 0. The third-order valence-electron chi connectivity index (χ3n) is 2.97. The number of aromatic nitrogens is 2. The Labute approximate surface area is 119 Å². The van der Waals surface area contributed by atoms with Crippen molar-refractivity contribution in [1.82, 2.24) is 15.1 Å². The van der Waals surface area contributed by atoms with Gasteiger partial charge in [0.15, 0.2) is 5.96 Å². The Kier molecular flexibility index (Phi) is 5.17. The molecule has 1 aromatic carbocycles. The molecule has 0 bridgehead atoms. The first-order chi connectivity index (χ1) is 9.79. The van der Waals surface area contributed by atoms with Gasteiger partial charge in [-0.05, 0) is 30.2 Å². The van der Waals surface area contributed by atoms with Crippen LogP contribution in [0.15, 0.2) is 47.7 Å². The first-order valence-corrected chi connectivity index (χ1v) is 6.92. The molecule has 3 N–H and O–H groups in total. The fourth-order valence-electron chi connectivity index (χ4n) is 1.80. The van der Waals surface area contributed by atoms with Crippen LogP contribution in [0.1, 0.15) is 25.3 Å². The van der Waals surface area contributed by atoms with Crippen molar-refractivity contribution in [2.24, 2.45) is 10.7 Å². The van der Waals surface area contributed by atoms with Gasteiger partial charge in [-0.1, -0.05) is 25.5 Å². The van der Waals surface area contributed by atoms with Crippen LogP contribution in [0.4, 0.5) is 0 Å². The molecule has 2 rings (SSSR count). The van der Waals surface area contributed by atoms with Crippen LogP contribution in [0.2, 0.25) is 0 Å². The van der Waals surface area contributed by atoms with E-state index in [1.165, 1.54) is 0 Å². The molecule has 20 heavy (non-hydrogen) atoms. The quantitative estimate of drug-likeness (QED) is 0.480. The molecule has 0 unspecified atom stereocenters. The van der Waals surface area contributed by atoms with Gasteiger partial charge < -0.3 is 11.1 Å². The highest BCUT2D eigenvalue weighted by Crippen LogP contribution is 2.09. The standard InChI is InChI=1S/C15H21N5/c1-2-3-9-17-15(16)18-12-13-5-7-14(8-6-13)20-11-4-10-19-20/h4-8,10-11H,2-3,9,12H2,1H3,(H3,16,17,18). The zero-order valence-corrected chi connectivity index (χ0v) is 11.8. The van der Waals surface area contributed by atoms with Gasteiger partial charge >= 0.3 is 0 Å². The van der Waals surface area contributed by atoms with Gasteiger partial charge in [0.2, 0.25) is 0 Å². The number of nitrogens with zero attached hydrogens (tertiary/aromatic N) is 3. The molecule has 106 valence electrons. The van der Waals surface area contributed by atoms with Crippen LogP contribution in [0.25, 0.3) is 5.69 Å². The molecule has 5 heteroatoms. The number of rotatable bonds is 6. The highest BCUT2D eigenvalue weighted by Gasteiger charge is 1.97. The van der Waals surface area contributed by atoms with E-state index in [9.17, 15) is 0 Å². The van der Waals surface area contributed by atoms with Gasteiger partial charge in [-0.2, -0.15) is 5.10 Å². The molecule has 0 aliphatic rings. The largest absolute Gasteiger partial charge is 0.370 e. The van der Waals surface area contributed by atoms with Crippen molar-refractivity contribution in [1.29, 1.82) is 0 Å². The normalized spacial score (nSPS) is 11.6. The van der Waals surface area contributed by atoms with Crippen molar-refractivity contribution < 1.29 is 0 Å². The minimum Gasteiger partial charge on any atom is -0.370 e. The van der Waals surface area contributed by atoms with Crippen LogP contribution in [-0.4, -0.2) is 22.3 Å². The van der Waals surface area contributed by atoms with E-state index in [2.05, 4.69) is 22.3 Å². The molecule has 0 fully saturated rings. The average Bonchev–Trinajstić information content (AvgIpc) is 3.00. The highest BCUT2D eigenvalue weighted by molar-refractivity contribution is 5.77. The lowest BCUT2D eigenvalue weighted by molar-refractivity contribution is 0.748. The van der Waals surface area contributed by atoms with E-state index >= 15 is 0 Å². The lowest BCUT2D eigenvalue weighted by Gasteiger charge is -2.05. The lowest BCUT2D eigenvalue weighted by atomic mass is 10.2. The molecule has 1 aromatic heterocycles. The molecule has 0 saturated carbocycles. The van der Waals surface area contributed by atoms with Gasteiger partial charge in [0, 0.05) is 18.9 Å². The molecular formula is C15H21N5. The predicted octanol–water partition coefficient (Wildman–Crippen LogP) is 2.08. The first kappa shape index (κ1) is 14.1. The number of aliphatic imine (C=N–C) groups is 1. The van der Waals surface area contributed by atoms with Crippen molar-refractivity contribution in [2.45, 2.75) is 26.3 Å². The van der Waals surface area contributed by atoms with Gasteiger partial charge in [-0.15, -0.1) is 0 Å². The van der Waals surface area contributed by atoms with Gasteiger partial charge in [0.05, 0.1) is 12.2 Å². The van der Waals surface area contributed by atoms with E-state index in [0.717, 1.165) is 30.6 Å². The number of hydrogen-bond donors (Lipinski definition) is 2. The fraction of sp³-hybridized carbons (Fsp3) is 0.333. The predicted molar refractivity (Wildman–Crippen MR) is 81.8 cm³/mol. The summed E-state index contributed by atoms with van der Waals surface area (Å²) in [4.78, 5) is 4.32. The van der Waals surface area contributed by atoms with Crippen LogP contribution in [-0.2, 0) is 6.54 Å². The van der Waals surface area contributed by atoms with E-state index < -0.39 is 0 Å². The molecule has 2 aromatic rings. The number of benzene rings is 1. The molecule has 0 aliphatic heterocycles.